The van der Waals surface area contributed by atoms with E-state index in [0.29, 0.717) is 51.5 Å². The molecule has 10 heteroatoms. The van der Waals surface area contributed by atoms with Crippen LogP contribution in [0.15, 0.2) is 36.4 Å². The number of anilines is 1. The van der Waals surface area contributed by atoms with Crippen molar-refractivity contribution in [3.8, 4) is 34.3 Å². The van der Waals surface area contributed by atoms with Gasteiger partial charge in [-0.25, -0.2) is 4.68 Å². The Labute approximate surface area is 184 Å². The van der Waals surface area contributed by atoms with Crippen LogP contribution in [-0.4, -0.2) is 55.6 Å². The number of carbonyl (C=O) groups excluding carboxylic acids is 1. The lowest BCUT2D eigenvalue weighted by Gasteiger charge is -2.12. The van der Waals surface area contributed by atoms with E-state index in [-0.39, 0.29) is 5.91 Å². The first-order valence-corrected chi connectivity index (χ1v) is 10.6. The Bertz CT molecular complexity index is 1070. The van der Waals surface area contributed by atoms with Gasteiger partial charge >= 0.3 is 0 Å². The van der Waals surface area contributed by atoms with Crippen LogP contribution < -0.4 is 24.3 Å². The summed E-state index contributed by atoms with van der Waals surface area (Å²) < 4.78 is 22.8. The molecule has 1 N–H and O–H groups in total. The van der Waals surface area contributed by atoms with Crippen molar-refractivity contribution in [3.05, 3.63) is 42.1 Å². The molecule has 0 saturated heterocycles. The van der Waals surface area contributed by atoms with Crippen molar-refractivity contribution in [1.82, 2.24) is 15.0 Å². The largest absolute Gasteiger partial charge is 0.493 e. The number of nitrogens with one attached hydrogen (secondary N) is 1. The van der Waals surface area contributed by atoms with Crippen LogP contribution in [-0.2, 0) is 5.88 Å². The number of aromatic nitrogens is 3. The second-order valence-corrected chi connectivity index (χ2v) is 7.13. The van der Waals surface area contributed by atoms with E-state index < -0.39 is 0 Å². The van der Waals surface area contributed by atoms with Gasteiger partial charge in [-0.15, -0.1) is 16.9 Å². The van der Waals surface area contributed by atoms with Gasteiger partial charge in [0.2, 0.25) is 0 Å². The molecule has 3 aromatic rings. The summed E-state index contributed by atoms with van der Waals surface area (Å²) >= 11 is 1.53. The summed E-state index contributed by atoms with van der Waals surface area (Å²) in [6, 6.07) is 10.5. The fourth-order valence-electron chi connectivity index (χ4n) is 3.03. The molecule has 0 atom stereocenters. The first-order valence-electron chi connectivity index (χ1n) is 9.24. The summed E-state index contributed by atoms with van der Waals surface area (Å²) in [6.07, 6.45) is 1.92. The number of hydrogen-bond donors (Lipinski definition) is 1. The molecule has 0 aliphatic heterocycles. The second-order valence-electron chi connectivity index (χ2n) is 6.30. The van der Waals surface area contributed by atoms with Gasteiger partial charge in [-0.05, 0) is 36.6 Å². The predicted octanol–water partition coefficient (Wildman–Crippen LogP) is 3.55. The lowest BCUT2D eigenvalue weighted by Crippen LogP contribution is -2.18. The SMILES string of the molecule is COc1ccc(NC(=O)c2c(-c3ccc(OC)c(OC)c3)nnn2CSC)cc1OC. The Morgan fingerprint density at radius 2 is 1.55 bits per heavy atom. The van der Waals surface area contributed by atoms with Gasteiger partial charge in [0.15, 0.2) is 28.7 Å². The van der Waals surface area contributed by atoms with Crippen LogP contribution in [0.2, 0.25) is 0 Å². The zero-order valence-corrected chi connectivity index (χ0v) is 18.8. The Balaban J connectivity index is 2.00. The minimum atomic E-state index is -0.351. The van der Waals surface area contributed by atoms with E-state index in [1.807, 2.05) is 12.3 Å². The molecule has 9 nitrogen and oxygen atoms in total. The molecule has 0 bridgehead atoms. The van der Waals surface area contributed by atoms with Gasteiger partial charge in [-0.2, -0.15) is 0 Å². The molecule has 31 heavy (non-hydrogen) atoms. The molecule has 1 heterocycles. The fourth-order valence-corrected chi connectivity index (χ4v) is 3.46. The van der Waals surface area contributed by atoms with E-state index in [4.69, 9.17) is 18.9 Å². The lowest BCUT2D eigenvalue weighted by molar-refractivity contribution is 0.101. The molecule has 0 radical (unpaired) electrons. The third-order valence-corrected chi connectivity index (χ3v) is 5.00. The van der Waals surface area contributed by atoms with Gasteiger partial charge in [-0.1, -0.05) is 5.21 Å². The van der Waals surface area contributed by atoms with Gasteiger partial charge in [0.05, 0.1) is 34.3 Å². The summed E-state index contributed by atoms with van der Waals surface area (Å²) in [5.74, 6) is 2.31. The molecule has 0 aliphatic rings. The maximum atomic E-state index is 13.2. The highest BCUT2D eigenvalue weighted by Gasteiger charge is 2.23. The first-order chi connectivity index (χ1) is 15.1. The van der Waals surface area contributed by atoms with E-state index in [2.05, 4.69) is 15.6 Å². The van der Waals surface area contributed by atoms with Gasteiger partial charge in [0, 0.05) is 17.3 Å². The summed E-state index contributed by atoms with van der Waals surface area (Å²) in [7, 11) is 6.21. The Morgan fingerprint density at radius 1 is 0.935 bits per heavy atom. The molecular formula is C21H24N4O5S. The molecule has 0 aliphatic carbocycles. The summed E-state index contributed by atoms with van der Waals surface area (Å²) in [5.41, 5.74) is 2.00. The van der Waals surface area contributed by atoms with E-state index in [9.17, 15) is 4.79 Å². The molecule has 0 unspecified atom stereocenters. The molecule has 0 saturated carbocycles. The number of amides is 1. The zero-order chi connectivity index (χ0) is 22.4. The molecule has 1 aromatic heterocycles. The molecular weight excluding hydrogens is 420 g/mol. The second kappa shape index (κ2) is 10.1. The molecule has 2 aromatic carbocycles. The minimum absolute atomic E-state index is 0.330. The van der Waals surface area contributed by atoms with Crippen LogP contribution in [0, 0.1) is 0 Å². The fraction of sp³-hybridized carbons (Fsp3) is 0.286. The van der Waals surface area contributed by atoms with Gasteiger partial charge in [0.25, 0.3) is 5.91 Å². The van der Waals surface area contributed by atoms with Crippen LogP contribution >= 0.6 is 11.8 Å². The average molecular weight is 445 g/mol. The summed E-state index contributed by atoms with van der Waals surface area (Å²) in [5, 5.41) is 11.3. The van der Waals surface area contributed by atoms with Gasteiger partial charge < -0.3 is 24.3 Å². The van der Waals surface area contributed by atoms with Crippen molar-refractivity contribution < 1.29 is 23.7 Å². The number of methoxy groups -OCH3 is 4. The maximum Gasteiger partial charge on any atom is 0.276 e. The van der Waals surface area contributed by atoms with E-state index in [1.165, 1.54) is 18.9 Å². The number of benzene rings is 2. The number of ether oxygens (including phenoxy) is 4. The van der Waals surface area contributed by atoms with Crippen LogP contribution in [0.1, 0.15) is 10.5 Å². The third kappa shape index (κ3) is 4.69. The van der Waals surface area contributed by atoms with Crippen molar-refractivity contribution in [3.63, 3.8) is 0 Å². The van der Waals surface area contributed by atoms with Crippen molar-refractivity contribution >= 4 is 23.4 Å². The summed E-state index contributed by atoms with van der Waals surface area (Å²) in [6.45, 7) is 0. The molecule has 0 fully saturated rings. The normalized spacial score (nSPS) is 10.5. The van der Waals surface area contributed by atoms with Crippen LogP contribution in [0.5, 0.6) is 23.0 Å². The minimum Gasteiger partial charge on any atom is -0.493 e. The van der Waals surface area contributed by atoms with Gasteiger partial charge in [-0.3, -0.25) is 4.79 Å². The molecule has 1 amide bonds. The monoisotopic (exact) mass is 444 g/mol. The number of carbonyl (C=O) groups is 1. The molecule has 3 rings (SSSR count). The Morgan fingerprint density at radius 3 is 2.16 bits per heavy atom. The topological polar surface area (TPSA) is 96.7 Å². The zero-order valence-electron chi connectivity index (χ0n) is 18.0. The molecule has 164 valence electrons. The smallest absolute Gasteiger partial charge is 0.276 e. The highest BCUT2D eigenvalue weighted by atomic mass is 32.2. The van der Waals surface area contributed by atoms with E-state index in [0.717, 1.165) is 0 Å². The van der Waals surface area contributed by atoms with Crippen LogP contribution in [0.3, 0.4) is 0 Å². The maximum absolute atomic E-state index is 13.2. The van der Waals surface area contributed by atoms with Crippen molar-refractivity contribution in [2.24, 2.45) is 0 Å². The average Bonchev–Trinajstić information content (AvgIpc) is 3.22. The van der Waals surface area contributed by atoms with Crippen LogP contribution in [0.4, 0.5) is 5.69 Å². The number of rotatable bonds is 9. The number of hydrogen-bond acceptors (Lipinski definition) is 8. The third-order valence-electron chi connectivity index (χ3n) is 4.50. The Kier molecular flexibility index (Phi) is 7.24. The van der Waals surface area contributed by atoms with Crippen LogP contribution in [0.25, 0.3) is 11.3 Å². The lowest BCUT2D eigenvalue weighted by atomic mass is 10.1. The first kappa shape index (κ1) is 22.3. The van der Waals surface area contributed by atoms with Crippen molar-refractivity contribution in [2.45, 2.75) is 5.88 Å². The quantitative estimate of drug-likeness (QED) is 0.535. The summed E-state index contributed by atoms with van der Waals surface area (Å²) in [4.78, 5) is 13.2. The van der Waals surface area contributed by atoms with E-state index >= 15 is 0 Å². The van der Waals surface area contributed by atoms with Gasteiger partial charge in [0.1, 0.15) is 5.69 Å². The standard InChI is InChI=1S/C21H24N4O5S/c1-27-15-8-6-13(10-17(15)29-3)19-20(25(12-31-5)24-23-19)21(26)22-14-7-9-16(28-2)18(11-14)30-4/h6-11H,12H2,1-5H3,(H,22,26). The Hall–Kier alpha value is -3.40. The molecule has 0 spiro atoms. The number of thioether (sulfide) groups is 1. The highest BCUT2D eigenvalue weighted by molar-refractivity contribution is 7.97. The van der Waals surface area contributed by atoms with Crippen molar-refractivity contribution in [2.75, 3.05) is 40.0 Å². The number of nitrogens with zero attached hydrogens (tertiary/aromatic N) is 3. The van der Waals surface area contributed by atoms with Crippen molar-refractivity contribution in [1.29, 1.82) is 0 Å². The highest BCUT2D eigenvalue weighted by Crippen LogP contribution is 2.34. The predicted molar refractivity (Wildman–Crippen MR) is 120 cm³/mol. The van der Waals surface area contributed by atoms with E-state index in [1.54, 1.807) is 56.3 Å².